The van der Waals surface area contributed by atoms with Gasteiger partial charge in [-0.1, -0.05) is 24.3 Å². The van der Waals surface area contributed by atoms with Crippen LogP contribution >= 0.6 is 15.9 Å². The van der Waals surface area contributed by atoms with Gasteiger partial charge in [-0.25, -0.2) is 9.97 Å². The van der Waals surface area contributed by atoms with Crippen molar-refractivity contribution in [3.8, 4) is 5.88 Å². The third kappa shape index (κ3) is 5.32. The lowest BCUT2D eigenvalue weighted by Gasteiger charge is -2.36. The van der Waals surface area contributed by atoms with Gasteiger partial charge in [-0.2, -0.15) is 5.54 Å². The molecule has 9 nitrogen and oxygen atoms in total. The number of carbonyl (C=O) groups is 1. The van der Waals surface area contributed by atoms with Crippen LogP contribution in [0.15, 0.2) is 41.3 Å². The van der Waals surface area contributed by atoms with E-state index in [1.54, 1.807) is 27.2 Å². The number of likely N-dealkylation sites (tertiary alicyclic amines) is 1. The van der Waals surface area contributed by atoms with Crippen LogP contribution in [-0.4, -0.2) is 68.8 Å². The second-order valence-corrected chi connectivity index (χ2v) is 9.79. The molecule has 35 heavy (non-hydrogen) atoms. The van der Waals surface area contributed by atoms with Gasteiger partial charge in [-0.05, 0) is 45.8 Å². The van der Waals surface area contributed by atoms with E-state index in [0.717, 1.165) is 17.5 Å². The number of piperidine rings is 1. The van der Waals surface area contributed by atoms with Gasteiger partial charge in [0.2, 0.25) is 5.65 Å². The van der Waals surface area contributed by atoms with Crippen LogP contribution in [0.2, 0.25) is 0 Å². The fraction of sp³-hybridized carbons (Fsp3) is 0.458. The van der Waals surface area contributed by atoms with Crippen molar-refractivity contribution >= 4 is 27.5 Å². The molecule has 1 amide bonds. The van der Waals surface area contributed by atoms with Crippen molar-refractivity contribution in [1.82, 2.24) is 24.8 Å². The van der Waals surface area contributed by atoms with Gasteiger partial charge in [0.15, 0.2) is 0 Å². The Hall–Kier alpha value is -2.60. The number of aromatic nitrogens is 3. The van der Waals surface area contributed by atoms with E-state index in [1.165, 1.54) is 0 Å². The average Bonchev–Trinajstić information content (AvgIpc) is 3.51. The molecule has 0 saturated carbocycles. The van der Waals surface area contributed by atoms with Crippen molar-refractivity contribution in [2.24, 2.45) is 5.92 Å². The second-order valence-electron chi connectivity index (χ2n) is 8.98. The third-order valence-corrected chi connectivity index (χ3v) is 7.01. The Bertz CT molecular complexity index is 1200. The van der Waals surface area contributed by atoms with Crippen molar-refractivity contribution in [3.05, 3.63) is 58.1 Å². The van der Waals surface area contributed by atoms with Crippen LogP contribution in [-0.2, 0) is 17.7 Å². The zero-order valence-corrected chi connectivity index (χ0v) is 20.7. The molecule has 3 aromatic rings. The van der Waals surface area contributed by atoms with Gasteiger partial charge in [0.05, 0.1) is 25.9 Å². The van der Waals surface area contributed by atoms with Crippen LogP contribution < -0.4 is 10.3 Å². The highest BCUT2D eigenvalue weighted by molar-refractivity contribution is 9.10. The summed E-state index contributed by atoms with van der Waals surface area (Å²) in [4.78, 5) is 23.8. The Morgan fingerprint density at radius 3 is 2.83 bits per heavy atom. The molecule has 0 radical (unpaired) electrons. The van der Waals surface area contributed by atoms with Crippen molar-refractivity contribution in [3.63, 3.8) is 0 Å². The second kappa shape index (κ2) is 10.6. The standard InChI is InChI=1S/C24H27BrFN5O4/c25-21-13-31-11-19(28-22(31)23(29-21)35-18-6-8-34-14-18)24(33)30-7-5-16(20(32)12-30)9-15-3-1-2-4-17(15)10-27-26/h1-4,11,13,16,18,20,27,32H,5-10,12,14H2/t16?,18?,20-/m1/s1. The van der Waals surface area contributed by atoms with Gasteiger partial charge in [-0.3, -0.25) is 9.20 Å². The van der Waals surface area contributed by atoms with Crippen LogP contribution in [0, 0.1) is 5.92 Å². The third-order valence-electron chi connectivity index (χ3n) is 6.63. The van der Waals surface area contributed by atoms with Gasteiger partial charge < -0.3 is 19.5 Å². The van der Waals surface area contributed by atoms with Gasteiger partial charge in [-0.15, -0.1) is 4.48 Å². The van der Waals surface area contributed by atoms with Crippen molar-refractivity contribution in [2.75, 3.05) is 26.3 Å². The van der Waals surface area contributed by atoms with Crippen molar-refractivity contribution in [1.29, 1.82) is 0 Å². The minimum atomic E-state index is -0.687. The van der Waals surface area contributed by atoms with Gasteiger partial charge in [0, 0.05) is 31.9 Å². The molecule has 4 heterocycles. The number of carbonyl (C=O) groups excluding carboxylic acids is 1. The van der Waals surface area contributed by atoms with E-state index >= 15 is 0 Å². The Labute approximate surface area is 210 Å². The van der Waals surface area contributed by atoms with Crippen LogP contribution in [0.3, 0.4) is 0 Å². The highest BCUT2D eigenvalue weighted by atomic mass is 79.9. The Balaban J connectivity index is 1.28. The molecule has 2 aromatic heterocycles. The summed E-state index contributed by atoms with van der Waals surface area (Å²) in [7, 11) is 0. The molecule has 186 valence electrons. The molecule has 2 N–H and O–H groups in total. The van der Waals surface area contributed by atoms with E-state index in [9.17, 15) is 14.4 Å². The van der Waals surface area contributed by atoms with Crippen LogP contribution in [0.25, 0.3) is 5.65 Å². The number of hydrogen-bond acceptors (Lipinski definition) is 7. The monoisotopic (exact) mass is 547 g/mol. The van der Waals surface area contributed by atoms with Crippen molar-refractivity contribution in [2.45, 2.75) is 38.0 Å². The predicted molar refractivity (Wildman–Crippen MR) is 129 cm³/mol. The van der Waals surface area contributed by atoms with E-state index < -0.39 is 6.10 Å². The summed E-state index contributed by atoms with van der Waals surface area (Å²) in [5.41, 5.74) is 4.29. The summed E-state index contributed by atoms with van der Waals surface area (Å²) in [6.45, 7) is 1.98. The lowest BCUT2D eigenvalue weighted by atomic mass is 9.86. The number of imidazole rings is 1. The molecule has 11 heteroatoms. The molecule has 5 rings (SSSR count). The van der Waals surface area contributed by atoms with Gasteiger partial charge in [0.25, 0.3) is 11.8 Å². The molecule has 2 aliphatic rings. The first kappa shape index (κ1) is 24.1. The molecular formula is C24H27BrFN5O4. The molecule has 2 fully saturated rings. The quantitative estimate of drug-likeness (QED) is 0.438. The molecule has 1 aromatic carbocycles. The summed E-state index contributed by atoms with van der Waals surface area (Å²) in [5, 5.41) is 10.8. The average molecular weight is 548 g/mol. The number of hydrogen-bond donors (Lipinski definition) is 2. The molecule has 3 atom stereocenters. The minimum absolute atomic E-state index is 0.0188. The number of β-amino-alcohol motifs (C(OH)–C–C–N with tert-alkyl or cyclic N) is 1. The van der Waals surface area contributed by atoms with E-state index in [1.807, 2.05) is 24.3 Å². The number of nitrogens with zero attached hydrogens (tertiary/aromatic N) is 4. The topological polar surface area (TPSA) is 101 Å². The first-order valence-electron chi connectivity index (χ1n) is 11.7. The van der Waals surface area contributed by atoms with E-state index in [0.29, 0.717) is 48.7 Å². The molecule has 2 saturated heterocycles. The summed E-state index contributed by atoms with van der Waals surface area (Å²) in [6.07, 6.45) is 4.63. The molecular weight excluding hydrogens is 521 g/mol. The summed E-state index contributed by atoms with van der Waals surface area (Å²) >= 11 is 3.39. The smallest absolute Gasteiger partial charge is 0.274 e. The molecule has 0 aliphatic carbocycles. The maximum atomic E-state index is 13.3. The Morgan fingerprint density at radius 2 is 2.09 bits per heavy atom. The molecule has 0 bridgehead atoms. The molecule has 0 spiro atoms. The normalized spacial score (nSPS) is 22.6. The lowest BCUT2D eigenvalue weighted by Crippen LogP contribution is -2.47. The van der Waals surface area contributed by atoms with Gasteiger partial charge in [0.1, 0.15) is 16.4 Å². The fourth-order valence-electron chi connectivity index (χ4n) is 4.74. The van der Waals surface area contributed by atoms with Crippen LogP contribution in [0.4, 0.5) is 4.48 Å². The lowest BCUT2D eigenvalue weighted by molar-refractivity contribution is 0.0194. The first-order valence-corrected chi connectivity index (χ1v) is 12.5. The number of halogens is 2. The number of ether oxygens (including phenoxy) is 2. The molecule has 2 unspecified atom stereocenters. The van der Waals surface area contributed by atoms with Crippen LogP contribution in [0.5, 0.6) is 5.88 Å². The maximum Gasteiger partial charge on any atom is 0.274 e. The van der Waals surface area contributed by atoms with Crippen LogP contribution in [0.1, 0.15) is 34.5 Å². The minimum Gasteiger partial charge on any atom is -0.469 e. The molecule has 2 aliphatic heterocycles. The summed E-state index contributed by atoms with van der Waals surface area (Å²) in [5.74, 6) is 0.0725. The predicted octanol–water partition coefficient (Wildman–Crippen LogP) is 2.70. The fourth-order valence-corrected chi connectivity index (χ4v) is 5.12. The zero-order valence-electron chi connectivity index (χ0n) is 19.1. The zero-order chi connectivity index (χ0) is 24.4. The Kier molecular flexibility index (Phi) is 7.28. The number of amides is 1. The number of aliphatic hydroxyl groups excluding tert-OH is 1. The van der Waals surface area contributed by atoms with Gasteiger partial charge >= 0.3 is 0 Å². The van der Waals surface area contributed by atoms with Crippen molar-refractivity contribution < 1.29 is 23.9 Å². The summed E-state index contributed by atoms with van der Waals surface area (Å²) in [6, 6.07) is 7.61. The SMILES string of the molecule is O=C(c1cn2cc(Br)nc(OC3CCOC3)c2n1)N1CCC(Cc2ccccc2CNF)[C@H](O)C1. The highest BCUT2D eigenvalue weighted by Crippen LogP contribution is 2.27. The number of aliphatic hydroxyl groups is 1. The summed E-state index contributed by atoms with van der Waals surface area (Å²) < 4.78 is 26.3. The Morgan fingerprint density at radius 1 is 1.26 bits per heavy atom. The van der Waals surface area contributed by atoms with E-state index in [-0.39, 0.29) is 36.7 Å². The number of rotatable bonds is 7. The largest absolute Gasteiger partial charge is 0.469 e. The maximum absolute atomic E-state index is 13.3. The number of benzene rings is 1. The first-order chi connectivity index (χ1) is 17.0. The van der Waals surface area contributed by atoms with E-state index in [4.69, 9.17) is 9.47 Å². The number of fused-ring (bicyclic) bond motifs is 1. The highest BCUT2D eigenvalue weighted by Gasteiger charge is 2.32. The van der Waals surface area contributed by atoms with E-state index in [2.05, 4.69) is 25.9 Å². The number of nitrogens with one attached hydrogen (secondary N) is 1.